The molecule has 0 aliphatic rings. The number of aryl methyl sites for hydroxylation is 3. The number of hydrogen-bond donors (Lipinski definition) is 1. The minimum absolute atomic E-state index is 0.101. The van der Waals surface area contributed by atoms with E-state index < -0.39 is 5.97 Å². The van der Waals surface area contributed by atoms with E-state index in [4.69, 9.17) is 0 Å². The molecule has 0 saturated heterocycles. The third-order valence-corrected chi connectivity index (χ3v) is 5.14. The minimum atomic E-state index is -0.491. The molecule has 1 aromatic carbocycles. The van der Waals surface area contributed by atoms with Gasteiger partial charge in [-0.05, 0) is 31.4 Å². The molecule has 0 spiro atoms. The first-order valence-electron chi connectivity index (χ1n) is 8.38. The number of ether oxygens (including phenoxy) is 1. The maximum Gasteiger partial charge on any atom is 0.357 e. The van der Waals surface area contributed by atoms with Crippen LogP contribution >= 0.6 is 11.3 Å². The van der Waals surface area contributed by atoms with Crippen molar-refractivity contribution >= 4 is 39.2 Å². The fourth-order valence-electron chi connectivity index (χ4n) is 2.98. The Bertz CT molecular complexity index is 958. The molecule has 0 aliphatic heterocycles. The summed E-state index contributed by atoms with van der Waals surface area (Å²) in [6.45, 7) is 1.78. The van der Waals surface area contributed by atoms with E-state index in [0.717, 1.165) is 17.7 Å². The lowest BCUT2D eigenvalue weighted by Gasteiger charge is -2.02. The summed E-state index contributed by atoms with van der Waals surface area (Å²) >= 11 is 1.27. The molecule has 0 bridgehead atoms. The van der Waals surface area contributed by atoms with Crippen LogP contribution < -0.4 is 5.32 Å². The molecule has 7 heteroatoms. The van der Waals surface area contributed by atoms with Gasteiger partial charge in [-0.1, -0.05) is 18.2 Å². The van der Waals surface area contributed by atoms with Crippen LogP contribution in [0.1, 0.15) is 33.8 Å². The molecule has 26 heavy (non-hydrogen) atoms. The van der Waals surface area contributed by atoms with Gasteiger partial charge in [0.25, 0.3) is 0 Å². The largest absolute Gasteiger partial charge is 0.464 e. The number of anilines is 1. The van der Waals surface area contributed by atoms with Gasteiger partial charge in [-0.2, -0.15) is 0 Å². The number of esters is 1. The van der Waals surface area contributed by atoms with Gasteiger partial charge in [-0.3, -0.25) is 4.79 Å². The summed E-state index contributed by atoms with van der Waals surface area (Å²) in [6.07, 6.45) is 4.10. The Hall–Kier alpha value is -2.67. The number of aromatic nitrogens is 2. The summed E-state index contributed by atoms with van der Waals surface area (Å²) in [5.74, 6) is -0.592. The molecule has 1 N–H and O–H groups in total. The van der Waals surface area contributed by atoms with Crippen molar-refractivity contribution in [2.24, 2.45) is 7.05 Å². The zero-order chi connectivity index (χ0) is 18.7. The highest BCUT2D eigenvalue weighted by atomic mass is 32.1. The second kappa shape index (κ2) is 7.70. The SMILES string of the molecule is COC(=O)c1nc(NC(=O)CCCc2cn(C)c3ccccc23)sc1C. The van der Waals surface area contributed by atoms with Crippen molar-refractivity contribution in [3.05, 3.63) is 46.6 Å². The van der Waals surface area contributed by atoms with Crippen molar-refractivity contribution in [1.82, 2.24) is 9.55 Å². The van der Waals surface area contributed by atoms with E-state index in [1.165, 1.54) is 34.9 Å². The van der Waals surface area contributed by atoms with E-state index in [1.54, 1.807) is 6.92 Å². The van der Waals surface area contributed by atoms with Crippen LogP contribution in [0.2, 0.25) is 0 Å². The second-order valence-electron chi connectivity index (χ2n) is 6.10. The van der Waals surface area contributed by atoms with E-state index in [1.807, 2.05) is 19.2 Å². The van der Waals surface area contributed by atoms with Crippen molar-refractivity contribution < 1.29 is 14.3 Å². The Balaban J connectivity index is 1.57. The fraction of sp³-hybridized carbons (Fsp3) is 0.316. The van der Waals surface area contributed by atoms with Gasteiger partial charge in [-0.15, -0.1) is 11.3 Å². The van der Waals surface area contributed by atoms with Crippen LogP contribution in [0.4, 0.5) is 5.13 Å². The maximum atomic E-state index is 12.2. The van der Waals surface area contributed by atoms with Crippen LogP contribution in [0.5, 0.6) is 0 Å². The number of methoxy groups -OCH3 is 1. The number of para-hydroxylation sites is 1. The van der Waals surface area contributed by atoms with E-state index in [2.05, 4.69) is 37.9 Å². The van der Waals surface area contributed by atoms with Crippen LogP contribution in [0, 0.1) is 6.92 Å². The Kier molecular flexibility index (Phi) is 5.37. The first-order valence-corrected chi connectivity index (χ1v) is 9.19. The minimum Gasteiger partial charge on any atom is -0.464 e. The van der Waals surface area contributed by atoms with Gasteiger partial charge in [-0.25, -0.2) is 9.78 Å². The monoisotopic (exact) mass is 371 g/mol. The molecule has 0 aliphatic carbocycles. The topological polar surface area (TPSA) is 73.2 Å². The number of fused-ring (bicyclic) bond motifs is 1. The summed E-state index contributed by atoms with van der Waals surface area (Å²) in [6, 6.07) is 8.26. The number of nitrogens with one attached hydrogen (secondary N) is 1. The van der Waals surface area contributed by atoms with E-state index >= 15 is 0 Å². The number of hydrogen-bond acceptors (Lipinski definition) is 5. The third-order valence-electron chi connectivity index (χ3n) is 4.25. The number of rotatable bonds is 6. The summed E-state index contributed by atoms with van der Waals surface area (Å²) in [7, 11) is 3.34. The van der Waals surface area contributed by atoms with E-state index in [0.29, 0.717) is 11.6 Å². The number of amides is 1. The highest BCUT2D eigenvalue weighted by Crippen LogP contribution is 2.24. The molecule has 136 valence electrons. The van der Waals surface area contributed by atoms with Crippen LogP contribution in [-0.4, -0.2) is 28.5 Å². The van der Waals surface area contributed by atoms with E-state index in [-0.39, 0.29) is 11.6 Å². The van der Waals surface area contributed by atoms with E-state index in [9.17, 15) is 9.59 Å². The van der Waals surface area contributed by atoms with Crippen LogP contribution in [-0.2, 0) is 23.0 Å². The lowest BCUT2D eigenvalue weighted by atomic mass is 10.1. The van der Waals surface area contributed by atoms with Crippen molar-refractivity contribution in [2.75, 3.05) is 12.4 Å². The Labute approximate surface area is 155 Å². The summed E-state index contributed by atoms with van der Waals surface area (Å²) in [5.41, 5.74) is 2.69. The lowest BCUT2D eigenvalue weighted by Crippen LogP contribution is -2.12. The molecule has 0 radical (unpaired) electrons. The van der Waals surface area contributed by atoms with Crippen LogP contribution in [0.3, 0.4) is 0 Å². The average molecular weight is 371 g/mol. The van der Waals surface area contributed by atoms with Gasteiger partial charge in [0.2, 0.25) is 5.91 Å². The number of carbonyl (C=O) groups excluding carboxylic acids is 2. The molecule has 2 heterocycles. The molecule has 0 atom stereocenters. The number of carbonyl (C=O) groups is 2. The number of benzene rings is 1. The lowest BCUT2D eigenvalue weighted by molar-refractivity contribution is -0.116. The number of nitrogens with zero attached hydrogens (tertiary/aromatic N) is 2. The molecule has 6 nitrogen and oxygen atoms in total. The Morgan fingerprint density at radius 3 is 2.85 bits per heavy atom. The average Bonchev–Trinajstić information content (AvgIpc) is 3.15. The number of thiazole rings is 1. The molecule has 1 amide bonds. The Morgan fingerprint density at radius 2 is 2.08 bits per heavy atom. The van der Waals surface area contributed by atoms with Gasteiger partial charge in [0, 0.05) is 35.4 Å². The van der Waals surface area contributed by atoms with Crippen LogP contribution in [0.25, 0.3) is 10.9 Å². The van der Waals surface area contributed by atoms with Gasteiger partial charge >= 0.3 is 5.97 Å². The van der Waals surface area contributed by atoms with Gasteiger partial charge in [0.15, 0.2) is 10.8 Å². The molecule has 0 unspecified atom stereocenters. The summed E-state index contributed by atoms with van der Waals surface area (Å²) < 4.78 is 6.79. The van der Waals surface area contributed by atoms with Crippen molar-refractivity contribution in [3.63, 3.8) is 0 Å². The Morgan fingerprint density at radius 1 is 1.31 bits per heavy atom. The molecule has 0 fully saturated rings. The molecule has 0 saturated carbocycles. The first-order chi connectivity index (χ1) is 12.5. The summed E-state index contributed by atoms with van der Waals surface area (Å²) in [4.78, 5) is 28.6. The smallest absolute Gasteiger partial charge is 0.357 e. The van der Waals surface area contributed by atoms with Gasteiger partial charge in [0.05, 0.1) is 7.11 Å². The predicted molar refractivity (Wildman–Crippen MR) is 103 cm³/mol. The van der Waals surface area contributed by atoms with Gasteiger partial charge < -0.3 is 14.6 Å². The fourth-order valence-corrected chi connectivity index (χ4v) is 3.80. The zero-order valence-electron chi connectivity index (χ0n) is 15.0. The highest BCUT2D eigenvalue weighted by molar-refractivity contribution is 7.16. The molecule has 3 rings (SSSR count). The predicted octanol–water partition coefficient (Wildman–Crippen LogP) is 3.69. The first kappa shape index (κ1) is 18.1. The van der Waals surface area contributed by atoms with Gasteiger partial charge in [0.1, 0.15) is 0 Å². The van der Waals surface area contributed by atoms with Crippen LogP contribution in [0.15, 0.2) is 30.5 Å². The summed E-state index contributed by atoms with van der Waals surface area (Å²) in [5, 5.41) is 4.43. The highest BCUT2D eigenvalue weighted by Gasteiger charge is 2.17. The second-order valence-corrected chi connectivity index (χ2v) is 7.30. The molecular weight excluding hydrogens is 350 g/mol. The third kappa shape index (κ3) is 3.77. The molecule has 3 aromatic rings. The maximum absolute atomic E-state index is 12.2. The quantitative estimate of drug-likeness (QED) is 0.671. The zero-order valence-corrected chi connectivity index (χ0v) is 15.9. The van der Waals surface area contributed by atoms with Crippen molar-refractivity contribution in [3.8, 4) is 0 Å². The molecule has 2 aromatic heterocycles. The normalized spacial score (nSPS) is 10.9. The van der Waals surface area contributed by atoms with Crippen molar-refractivity contribution in [2.45, 2.75) is 26.2 Å². The molecular formula is C19H21N3O3S. The van der Waals surface area contributed by atoms with Crippen molar-refractivity contribution in [1.29, 1.82) is 0 Å². The standard InChI is InChI=1S/C19H21N3O3S/c1-12-17(18(24)25-3)21-19(26-12)20-16(23)10-6-7-13-11-22(2)15-9-5-4-8-14(13)15/h4-5,8-9,11H,6-7,10H2,1-3H3,(H,20,21,23).